The molecule has 1 aliphatic rings. The molecule has 0 spiro atoms. The zero-order chi connectivity index (χ0) is 18.9. The minimum absolute atomic E-state index is 0.0626. The fraction of sp³-hybridized carbons (Fsp3) is 0.353. The minimum Gasteiger partial charge on any atom is -0.354 e. The number of aromatic nitrogens is 1. The fourth-order valence-electron chi connectivity index (χ4n) is 2.75. The van der Waals surface area contributed by atoms with E-state index in [9.17, 15) is 21.6 Å². The molecule has 1 aromatic carbocycles. The van der Waals surface area contributed by atoms with Gasteiger partial charge in [-0.25, -0.2) is 13.4 Å². The molecule has 0 N–H and O–H groups in total. The van der Waals surface area contributed by atoms with Crippen molar-refractivity contribution in [3.05, 3.63) is 42.1 Å². The number of halogens is 3. The van der Waals surface area contributed by atoms with Crippen molar-refractivity contribution in [3.8, 4) is 11.1 Å². The van der Waals surface area contributed by atoms with Crippen LogP contribution in [0.4, 0.5) is 19.0 Å². The molecule has 1 aromatic heterocycles. The number of pyridine rings is 1. The van der Waals surface area contributed by atoms with E-state index in [0.717, 1.165) is 30.0 Å². The van der Waals surface area contributed by atoms with Crippen LogP contribution < -0.4 is 4.90 Å². The second-order valence-electron chi connectivity index (χ2n) is 5.99. The molecule has 0 bridgehead atoms. The van der Waals surface area contributed by atoms with Gasteiger partial charge in [-0.1, -0.05) is 12.1 Å². The van der Waals surface area contributed by atoms with Crippen molar-refractivity contribution in [1.82, 2.24) is 4.98 Å². The summed E-state index contributed by atoms with van der Waals surface area (Å²) in [6.07, 6.45) is -2.62. The number of rotatable bonds is 3. The molecular formula is C17H17F3N2O2S2. The van der Waals surface area contributed by atoms with E-state index >= 15 is 0 Å². The van der Waals surface area contributed by atoms with Crippen molar-refractivity contribution < 1.29 is 21.6 Å². The van der Waals surface area contributed by atoms with Crippen LogP contribution >= 0.6 is 11.8 Å². The molecule has 9 heteroatoms. The van der Waals surface area contributed by atoms with E-state index in [1.54, 1.807) is 17.8 Å². The Kier molecular flexibility index (Phi) is 5.21. The number of thioether (sulfide) groups is 1. The maximum atomic E-state index is 13.2. The number of benzene rings is 1. The fourth-order valence-corrected chi connectivity index (χ4v) is 4.32. The van der Waals surface area contributed by atoms with Gasteiger partial charge in [-0.2, -0.15) is 24.9 Å². The van der Waals surface area contributed by atoms with Gasteiger partial charge in [-0.15, -0.1) is 0 Å². The van der Waals surface area contributed by atoms with Crippen LogP contribution in [0.1, 0.15) is 5.56 Å². The lowest BCUT2D eigenvalue weighted by Crippen LogP contribution is -2.33. The van der Waals surface area contributed by atoms with E-state index in [0.29, 0.717) is 24.5 Å². The highest BCUT2D eigenvalue weighted by Crippen LogP contribution is 2.37. The van der Waals surface area contributed by atoms with Gasteiger partial charge in [0, 0.05) is 42.6 Å². The third kappa shape index (κ3) is 4.15. The van der Waals surface area contributed by atoms with Crippen molar-refractivity contribution in [2.45, 2.75) is 11.1 Å². The van der Waals surface area contributed by atoms with Crippen molar-refractivity contribution >= 4 is 27.4 Å². The number of hydrogen-bond donors (Lipinski definition) is 0. The van der Waals surface area contributed by atoms with E-state index in [1.807, 2.05) is 4.90 Å². The smallest absolute Gasteiger partial charge is 0.354 e. The largest absolute Gasteiger partial charge is 0.417 e. The van der Waals surface area contributed by atoms with Gasteiger partial charge in [0.1, 0.15) is 5.82 Å². The Morgan fingerprint density at radius 1 is 1.15 bits per heavy atom. The highest BCUT2D eigenvalue weighted by Gasteiger charge is 2.32. The quantitative estimate of drug-likeness (QED) is 0.783. The lowest BCUT2D eigenvalue weighted by atomic mass is 10.0. The first kappa shape index (κ1) is 19.0. The van der Waals surface area contributed by atoms with Gasteiger partial charge in [0.25, 0.3) is 0 Å². The predicted octanol–water partition coefficient (Wildman–Crippen LogP) is 3.72. The molecule has 0 atom stereocenters. The molecule has 0 aliphatic carbocycles. The SMILES string of the molecule is CS(=O)(=O)c1cccc(-c2cc(C(F)(F)F)cnc2N2CCSCC2)c1. The molecule has 2 aromatic rings. The topological polar surface area (TPSA) is 50.3 Å². The van der Waals surface area contributed by atoms with Crippen molar-refractivity contribution in [3.63, 3.8) is 0 Å². The maximum Gasteiger partial charge on any atom is 0.417 e. The standard InChI is InChI=1S/C17H17F3N2O2S2/c1-26(23,24)14-4-2-3-12(9-14)15-10-13(17(18,19)20)11-21-16(15)22-5-7-25-8-6-22/h2-4,9-11H,5-8H2,1H3. The Labute approximate surface area is 154 Å². The molecule has 0 amide bonds. The number of anilines is 1. The van der Waals surface area contributed by atoms with Crippen molar-refractivity contribution in [2.75, 3.05) is 35.8 Å². The van der Waals surface area contributed by atoms with Crippen LogP contribution in [0.25, 0.3) is 11.1 Å². The lowest BCUT2D eigenvalue weighted by Gasteiger charge is -2.29. The Morgan fingerprint density at radius 3 is 2.46 bits per heavy atom. The Morgan fingerprint density at radius 2 is 1.85 bits per heavy atom. The van der Waals surface area contributed by atoms with Crippen LogP contribution in [0.5, 0.6) is 0 Å². The maximum absolute atomic E-state index is 13.2. The van der Waals surface area contributed by atoms with E-state index in [1.165, 1.54) is 18.2 Å². The molecule has 1 fully saturated rings. The summed E-state index contributed by atoms with van der Waals surface area (Å²) in [4.78, 5) is 6.09. The first-order valence-corrected chi connectivity index (χ1v) is 10.9. The first-order valence-electron chi connectivity index (χ1n) is 7.87. The van der Waals surface area contributed by atoms with Gasteiger partial charge in [0.2, 0.25) is 0 Å². The molecule has 2 heterocycles. The summed E-state index contributed by atoms with van der Waals surface area (Å²) < 4.78 is 63.2. The minimum atomic E-state index is -4.52. The van der Waals surface area contributed by atoms with Gasteiger partial charge in [-0.3, -0.25) is 0 Å². The van der Waals surface area contributed by atoms with Crippen LogP contribution in [-0.4, -0.2) is 44.3 Å². The zero-order valence-electron chi connectivity index (χ0n) is 14.0. The third-order valence-electron chi connectivity index (χ3n) is 4.08. The van der Waals surface area contributed by atoms with Crippen molar-refractivity contribution in [2.24, 2.45) is 0 Å². The van der Waals surface area contributed by atoms with Gasteiger partial charge in [-0.05, 0) is 23.8 Å². The molecule has 0 saturated carbocycles. The van der Waals surface area contributed by atoms with Gasteiger partial charge in [0.05, 0.1) is 10.5 Å². The zero-order valence-corrected chi connectivity index (χ0v) is 15.6. The molecular weight excluding hydrogens is 385 g/mol. The van der Waals surface area contributed by atoms with E-state index in [2.05, 4.69) is 4.98 Å². The monoisotopic (exact) mass is 402 g/mol. The summed E-state index contributed by atoms with van der Waals surface area (Å²) in [7, 11) is -3.47. The highest BCUT2D eigenvalue weighted by molar-refractivity contribution is 7.99. The number of alkyl halides is 3. The average Bonchev–Trinajstić information content (AvgIpc) is 2.60. The average molecular weight is 402 g/mol. The van der Waals surface area contributed by atoms with Gasteiger partial charge in [0.15, 0.2) is 9.84 Å². The van der Waals surface area contributed by atoms with Crippen LogP contribution in [0.3, 0.4) is 0 Å². The second kappa shape index (κ2) is 7.11. The number of sulfone groups is 1. The van der Waals surface area contributed by atoms with Crippen LogP contribution in [0.15, 0.2) is 41.4 Å². The molecule has 1 aliphatic heterocycles. The number of nitrogens with zero attached hydrogens (tertiary/aromatic N) is 2. The molecule has 1 saturated heterocycles. The van der Waals surface area contributed by atoms with E-state index in [-0.39, 0.29) is 10.5 Å². The Hall–Kier alpha value is -1.74. The molecule has 26 heavy (non-hydrogen) atoms. The molecule has 3 rings (SSSR count). The Bertz CT molecular complexity index is 908. The summed E-state index contributed by atoms with van der Waals surface area (Å²) in [5, 5.41) is 0. The number of hydrogen-bond acceptors (Lipinski definition) is 5. The Balaban J connectivity index is 2.16. The third-order valence-corrected chi connectivity index (χ3v) is 6.13. The van der Waals surface area contributed by atoms with Crippen LogP contribution in [0, 0.1) is 0 Å². The summed E-state index contributed by atoms with van der Waals surface area (Å²) in [6.45, 7) is 1.36. The summed E-state index contributed by atoms with van der Waals surface area (Å²) in [6, 6.07) is 7.01. The highest BCUT2D eigenvalue weighted by atomic mass is 32.2. The van der Waals surface area contributed by atoms with E-state index < -0.39 is 21.6 Å². The summed E-state index contributed by atoms with van der Waals surface area (Å²) in [5.74, 6) is 2.18. The van der Waals surface area contributed by atoms with Gasteiger partial charge >= 0.3 is 6.18 Å². The van der Waals surface area contributed by atoms with Crippen molar-refractivity contribution in [1.29, 1.82) is 0 Å². The van der Waals surface area contributed by atoms with Crippen LogP contribution in [-0.2, 0) is 16.0 Å². The van der Waals surface area contributed by atoms with E-state index in [4.69, 9.17) is 0 Å². The van der Waals surface area contributed by atoms with Crippen LogP contribution in [0.2, 0.25) is 0 Å². The lowest BCUT2D eigenvalue weighted by molar-refractivity contribution is -0.137. The molecule has 4 nitrogen and oxygen atoms in total. The summed E-state index contributed by atoms with van der Waals surface area (Å²) >= 11 is 1.78. The molecule has 0 unspecified atom stereocenters. The second-order valence-corrected chi connectivity index (χ2v) is 9.23. The normalized spacial score (nSPS) is 15.9. The first-order chi connectivity index (χ1) is 12.2. The summed E-state index contributed by atoms with van der Waals surface area (Å²) in [5.41, 5.74) is -0.163. The van der Waals surface area contributed by atoms with Gasteiger partial charge < -0.3 is 4.90 Å². The predicted molar refractivity (Wildman–Crippen MR) is 97.3 cm³/mol. The molecule has 0 radical (unpaired) electrons. The molecule has 140 valence electrons.